The van der Waals surface area contributed by atoms with Crippen molar-refractivity contribution in [2.24, 2.45) is 5.10 Å². The van der Waals surface area contributed by atoms with E-state index in [-0.39, 0.29) is 4.90 Å². The number of hydrazone groups is 1. The minimum absolute atomic E-state index is 0.0621. The Hall–Kier alpha value is -0.350. The van der Waals surface area contributed by atoms with Crippen LogP contribution in [0, 0.1) is 0 Å². The summed E-state index contributed by atoms with van der Waals surface area (Å²) in [6.07, 6.45) is -1.40. The third-order valence-electron chi connectivity index (χ3n) is 2.71. The number of alkyl halides is 6. The lowest BCUT2D eigenvalue weighted by atomic mass is 10.2. The number of rotatable bonds is 6. The Morgan fingerprint density at radius 3 is 2.32 bits per heavy atom. The van der Waals surface area contributed by atoms with E-state index in [1.807, 2.05) is 6.92 Å². The van der Waals surface area contributed by atoms with Gasteiger partial charge in [0.25, 0.3) is 0 Å². The molecule has 112 valence electrons. The summed E-state index contributed by atoms with van der Waals surface area (Å²) in [7, 11) is 0. The van der Waals surface area contributed by atoms with Gasteiger partial charge in [0, 0.05) is 6.54 Å². The summed E-state index contributed by atoms with van der Waals surface area (Å²) in [5, 5.41) is 4.87. The van der Waals surface area contributed by atoms with Crippen LogP contribution in [0.1, 0.15) is 32.6 Å². The van der Waals surface area contributed by atoms with E-state index < -0.39 is 16.4 Å². The molecule has 3 nitrogen and oxygen atoms in total. The lowest BCUT2D eigenvalue weighted by Gasteiger charge is -2.32. The summed E-state index contributed by atoms with van der Waals surface area (Å²) in [4.78, 5) is -0.0621. The molecule has 1 rings (SSSR count). The summed E-state index contributed by atoms with van der Waals surface area (Å²) >= 11 is 1.53. The molecule has 0 saturated carbocycles. The lowest BCUT2D eigenvalue weighted by molar-refractivity contribution is -0.328. The van der Waals surface area contributed by atoms with Crippen molar-refractivity contribution in [2.45, 2.75) is 49.0 Å². The predicted octanol–water partition coefficient (Wildman–Crippen LogP) is 4.00. The fourth-order valence-corrected chi connectivity index (χ4v) is 2.51. The van der Waals surface area contributed by atoms with E-state index in [4.69, 9.17) is 0 Å². The zero-order valence-corrected chi connectivity index (χ0v) is 12.5. The molecule has 0 amide bonds. The first-order valence-corrected chi connectivity index (χ1v) is 7.14. The van der Waals surface area contributed by atoms with Gasteiger partial charge in [0.05, 0.1) is 0 Å². The van der Waals surface area contributed by atoms with Crippen LogP contribution in [-0.2, 0) is 0 Å². The predicted molar refractivity (Wildman–Crippen MR) is 70.0 cm³/mol. The first kappa shape index (κ1) is 16.7. The van der Waals surface area contributed by atoms with E-state index in [9.17, 15) is 22.0 Å². The molecule has 0 saturated heterocycles. The highest BCUT2D eigenvalue weighted by atomic mass is 127. The minimum Gasteiger partial charge on any atom is -0.264 e. The molecular weight excluding hydrogens is 384 g/mol. The summed E-state index contributed by atoms with van der Waals surface area (Å²) in [6, 6.07) is -4.90. The zero-order valence-electron chi connectivity index (χ0n) is 10.3. The van der Waals surface area contributed by atoms with Crippen molar-refractivity contribution >= 4 is 28.9 Å². The number of hydrogen-bond donors (Lipinski definition) is 0. The van der Waals surface area contributed by atoms with Crippen LogP contribution >= 0.6 is 22.6 Å². The third-order valence-corrected chi connectivity index (χ3v) is 3.95. The van der Waals surface area contributed by atoms with Gasteiger partial charge in [0.15, 0.2) is 4.17 Å². The van der Waals surface area contributed by atoms with Gasteiger partial charge in [-0.25, -0.2) is 0 Å². The average molecular weight is 399 g/mol. The lowest BCUT2D eigenvalue weighted by Crippen LogP contribution is -2.54. The fourth-order valence-electron chi connectivity index (χ4n) is 1.59. The Bertz CT molecular complexity index is 321. The second-order valence-electron chi connectivity index (χ2n) is 4.21. The van der Waals surface area contributed by atoms with Gasteiger partial charge in [-0.3, -0.25) is 9.91 Å². The Morgan fingerprint density at radius 1 is 1.16 bits per heavy atom. The average Bonchev–Trinajstić information content (AvgIpc) is 2.65. The van der Waals surface area contributed by atoms with Crippen LogP contribution in [0.5, 0.6) is 0 Å². The second-order valence-corrected chi connectivity index (χ2v) is 5.33. The third kappa shape index (κ3) is 3.82. The van der Waals surface area contributed by atoms with Gasteiger partial charge < -0.3 is 0 Å². The molecular formula is C10H15F5IN3. The Morgan fingerprint density at radius 2 is 1.79 bits per heavy atom. The normalized spacial score (nSPS) is 20.5. The van der Waals surface area contributed by atoms with Crippen LogP contribution < -0.4 is 0 Å². The molecule has 0 bridgehead atoms. The molecule has 1 unspecified atom stereocenters. The molecule has 1 atom stereocenters. The van der Waals surface area contributed by atoms with Crippen molar-refractivity contribution in [1.29, 1.82) is 0 Å². The quantitative estimate of drug-likeness (QED) is 0.221. The molecule has 0 aromatic rings. The first-order chi connectivity index (χ1) is 8.71. The standard InChI is InChI=1S/C10H15F5IN3/c1-2-3-4-5-6-19-8(16)18(7-17-19)10(14,15)9(11,12)13/h7-8H,2-6H2,1H3. The maximum Gasteiger partial charge on any atom is 0.475 e. The first-order valence-electron chi connectivity index (χ1n) is 5.89. The summed E-state index contributed by atoms with van der Waals surface area (Å²) in [5.41, 5.74) is 0. The summed E-state index contributed by atoms with van der Waals surface area (Å²) < 4.78 is 62.0. The van der Waals surface area contributed by atoms with Crippen LogP contribution in [0.3, 0.4) is 0 Å². The molecule has 0 N–H and O–H groups in total. The molecule has 0 aliphatic carbocycles. The maximum absolute atomic E-state index is 13.2. The van der Waals surface area contributed by atoms with Gasteiger partial charge in [-0.2, -0.15) is 27.1 Å². The van der Waals surface area contributed by atoms with Gasteiger partial charge in [-0.1, -0.05) is 26.2 Å². The number of unbranched alkanes of at least 4 members (excludes halogenated alkanes) is 3. The number of halogens is 6. The molecule has 0 spiro atoms. The van der Waals surface area contributed by atoms with Gasteiger partial charge in [-0.15, -0.1) is 0 Å². The molecule has 9 heteroatoms. The molecule has 1 aliphatic rings. The highest BCUT2D eigenvalue weighted by Gasteiger charge is 2.64. The van der Waals surface area contributed by atoms with Gasteiger partial charge in [0.2, 0.25) is 0 Å². The largest absolute Gasteiger partial charge is 0.475 e. The van der Waals surface area contributed by atoms with E-state index in [1.165, 1.54) is 27.6 Å². The molecule has 0 radical (unpaired) electrons. The van der Waals surface area contributed by atoms with Crippen LogP contribution in [0.2, 0.25) is 0 Å². The molecule has 1 heterocycles. The second kappa shape index (κ2) is 6.40. The van der Waals surface area contributed by atoms with Crippen LogP contribution in [0.4, 0.5) is 22.0 Å². The van der Waals surface area contributed by atoms with E-state index in [2.05, 4.69) is 5.10 Å². The van der Waals surface area contributed by atoms with Crippen LogP contribution in [0.25, 0.3) is 0 Å². The topological polar surface area (TPSA) is 18.8 Å². The van der Waals surface area contributed by atoms with Crippen molar-refractivity contribution in [3.63, 3.8) is 0 Å². The maximum atomic E-state index is 13.2. The van der Waals surface area contributed by atoms with Crippen LogP contribution in [-0.4, -0.2) is 39.2 Å². The Balaban J connectivity index is 2.56. The summed E-state index contributed by atoms with van der Waals surface area (Å²) in [6.45, 7) is 2.40. The van der Waals surface area contributed by atoms with E-state index in [0.717, 1.165) is 25.7 Å². The number of nitrogens with zero attached hydrogens (tertiary/aromatic N) is 3. The molecule has 1 aliphatic heterocycles. The molecule has 0 fully saturated rings. The molecule has 0 aromatic carbocycles. The highest BCUT2D eigenvalue weighted by Crippen LogP contribution is 2.41. The van der Waals surface area contributed by atoms with Crippen molar-refractivity contribution in [3.8, 4) is 0 Å². The van der Waals surface area contributed by atoms with Gasteiger partial charge in [-0.05, 0) is 29.0 Å². The summed E-state index contributed by atoms with van der Waals surface area (Å²) in [5.74, 6) is 0. The SMILES string of the molecule is CCCCCCN1N=CN(C(F)(F)C(F)(F)F)C1I. The van der Waals surface area contributed by atoms with Crippen molar-refractivity contribution in [2.75, 3.05) is 6.54 Å². The minimum atomic E-state index is -5.61. The van der Waals surface area contributed by atoms with E-state index in [1.54, 1.807) is 0 Å². The molecule has 0 aromatic heterocycles. The fraction of sp³-hybridized carbons (Fsp3) is 0.900. The highest BCUT2D eigenvalue weighted by molar-refractivity contribution is 14.1. The zero-order chi connectivity index (χ0) is 14.7. The smallest absolute Gasteiger partial charge is 0.264 e. The Kier molecular flexibility index (Phi) is 5.63. The van der Waals surface area contributed by atoms with E-state index in [0.29, 0.717) is 12.9 Å². The van der Waals surface area contributed by atoms with Crippen molar-refractivity contribution < 1.29 is 22.0 Å². The van der Waals surface area contributed by atoms with Crippen LogP contribution in [0.15, 0.2) is 5.10 Å². The van der Waals surface area contributed by atoms with E-state index >= 15 is 0 Å². The van der Waals surface area contributed by atoms with Gasteiger partial charge >= 0.3 is 12.2 Å². The number of hydrogen-bond acceptors (Lipinski definition) is 3. The monoisotopic (exact) mass is 399 g/mol. The van der Waals surface area contributed by atoms with Crippen molar-refractivity contribution in [3.05, 3.63) is 0 Å². The van der Waals surface area contributed by atoms with Crippen molar-refractivity contribution in [1.82, 2.24) is 9.91 Å². The molecule has 19 heavy (non-hydrogen) atoms. The Labute approximate surface area is 121 Å². The van der Waals surface area contributed by atoms with Gasteiger partial charge in [0.1, 0.15) is 6.34 Å².